The average molecular weight is 527 g/mol. The maximum Gasteiger partial charge on any atom is 0.192 e. The zero-order valence-electron chi connectivity index (χ0n) is 15.8. The maximum absolute atomic E-state index is 6.12. The molecule has 150 valence electrons. The molecule has 2 rings (SSSR count). The van der Waals surface area contributed by atoms with Crippen molar-refractivity contribution in [2.75, 3.05) is 20.3 Å². The van der Waals surface area contributed by atoms with E-state index in [1.807, 2.05) is 37.6 Å². The third-order valence-electron chi connectivity index (χ3n) is 3.96. The summed E-state index contributed by atoms with van der Waals surface area (Å²) in [5, 5.41) is 15.8. The van der Waals surface area contributed by atoms with Gasteiger partial charge in [-0.2, -0.15) is 0 Å². The number of hydrogen-bond donors (Lipinski definition) is 2. The van der Waals surface area contributed by atoms with Crippen LogP contribution < -0.4 is 10.6 Å². The van der Waals surface area contributed by atoms with E-state index >= 15 is 0 Å². The quantitative estimate of drug-likeness (QED) is 0.250. The van der Waals surface area contributed by atoms with E-state index in [0.717, 1.165) is 17.2 Å². The van der Waals surface area contributed by atoms with Crippen LogP contribution in [0.5, 0.6) is 0 Å². The molecular formula is C17H25Cl2IN6O. The highest BCUT2D eigenvalue weighted by Crippen LogP contribution is 2.25. The minimum absolute atomic E-state index is 0. The van der Waals surface area contributed by atoms with E-state index in [4.69, 9.17) is 27.9 Å². The Kier molecular flexibility index (Phi) is 10.4. The average Bonchev–Trinajstić information content (AvgIpc) is 2.93. The lowest BCUT2D eigenvalue weighted by atomic mass is 10.1. The molecule has 10 heteroatoms. The summed E-state index contributed by atoms with van der Waals surface area (Å²) in [6.07, 6.45) is 0. The number of nitrogens with one attached hydrogen (secondary N) is 2. The van der Waals surface area contributed by atoms with Crippen molar-refractivity contribution in [3.8, 4) is 0 Å². The number of aryl methyl sites for hydroxylation is 1. The summed E-state index contributed by atoms with van der Waals surface area (Å²) in [6.45, 7) is 5.55. The van der Waals surface area contributed by atoms with Gasteiger partial charge in [0.2, 0.25) is 0 Å². The van der Waals surface area contributed by atoms with Gasteiger partial charge in [-0.1, -0.05) is 29.3 Å². The Morgan fingerprint density at radius 1 is 1.30 bits per heavy atom. The number of guanidine groups is 1. The van der Waals surface area contributed by atoms with Gasteiger partial charge in [-0.3, -0.25) is 0 Å². The monoisotopic (exact) mass is 526 g/mol. The van der Waals surface area contributed by atoms with Gasteiger partial charge >= 0.3 is 0 Å². The number of ether oxygens (including phenoxy) is 1. The molecule has 0 radical (unpaired) electrons. The van der Waals surface area contributed by atoms with Gasteiger partial charge in [0.15, 0.2) is 11.8 Å². The first kappa shape index (κ1) is 23.9. The highest BCUT2D eigenvalue weighted by atomic mass is 127. The lowest BCUT2D eigenvalue weighted by Crippen LogP contribution is -2.40. The fraction of sp³-hybridized carbons (Fsp3) is 0.471. The molecular weight excluding hydrogens is 502 g/mol. The molecule has 2 aromatic rings. The van der Waals surface area contributed by atoms with E-state index in [0.29, 0.717) is 35.7 Å². The predicted molar refractivity (Wildman–Crippen MR) is 120 cm³/mol. The fourth-order valence-corrected chi connectivity index (χ4v) is 2.54. The minimum atomic E-state index is -0.0141. The van der Waals surface area contributed by atoms with Crippen LogP contribution in [0.1, 0.15) is 30.2 Å². The number of hydrogen-bond acceptors (Lipinski definition) is 4. The minimum Gasteiger partial charge on any atom is -0.383 e. The first-order valence-electron chi connectivity index (χ1n) is 8.26. The molecule has 0 fully saturated rings. The van der Waals surface area contributed by atoms with Crippen LogP contribution in [0.15, 0.2) is 23.2 Å². The summed E-state index contributed by atoms with van der Waals surface area (Å²) in [4.78, 5) is 4.60. The van der Waals surface area contributed by atoms with Crippen molar-refractivity contribution in [3.63, 3.8) is 0 Å². The number of methoxy groups -OCH3 is 1. The van der Waals surface area contributed by atoms with Crippen LogP contribution in [0.2, 0.25) is 10.0 Å². The van der Waals surface area contributed by atoms with Crippen LogP contribution in [-0.2, 0) is 18.3 Å². The van der Waals surface area contributed by atoms with Crippen molar-refractivity contribution in [2.45, 2.75) is 26.4 Å². The zero-order chi connectivity index (χ0) is 19.1. The standard InChI is InChI=1S/C17H24Cl2N6O.HI/c1-11(13-5-6-14(18)15(19)9-13)22-17(20-7-8-26-4)21-10-16-24-23-12(2)25(16)3;/h5-6,9,11H,7-8,10H2,1-4H3,(H2,20,21,22);1H. The number of nitrogens with zero attached hydrogens (tertiary/aromatic N) is 4. The molecule has 0 bridgehead atoms. The number of rotatable bonds is 7. The molecule has 1 unspecified atom stereocenters. The third-order valence-corrected chi connectivity index (χ3v) is 4.70. The topological polar surface area (TPSA) is 76.4 Å². The largest absolute Gasteiger partial charge is 0.383 e. The first-order valence-corrected chi connectivity index (χ1v) is 9.01. The van der Waals surface area contributed by atoms with Crippen molar-refractivity contribution in [1.29, 1.82) is 0 Å². The van der Waals surface area contributed by atoms with Crippen LogP contribution in [-0.4, -0.2) is 41.0 Å². The normalized spacial score (nSPS) is 12.4. The molecule has 0 amide bonds. The molecule has 1 aromatic heterocycles. The number of benzene rings is 1. The number of aliphatic imine (C=N–C) groups is 1. The molecule has 0 aliphatic rings. The second-order valence-corrected chi connectivity index (χ2v) is 6.66. The third kappa shape index (κ3) is 7.10. The molecule has 27 heavy (non-hydrogen) atoms. The molecule has 1 heterocycles. The SMILES string of the molecule is COCCNC(=NCc1nnc(C)n1C)NC(C)c1ccc(Cl)c(Cl)c1.I. The Morgan fingerprint density at radius 3 is 2.63 bits per heavy atom. The van der Waals surface area contributed by atoms with Crippen molar-refractivity contribution in [2.24, 2.45) is 12.0 Å². The molecule has 1 atom stereocenters. The predicted octanol–water partition coefficient (Wildman–Crippen LogP) is 3.49. The van der Waals surface area contributed by atoms with Gasteiger partial charge in [0.25, 0.3) is 0 Å². The van der Waals surface area contributed by atoms with E-state index < -0.39 is 0 Å². The molecule has 2 N–H and O–H groups in total. The van der Waals surface area contributed by atoms with Gasteiger partial charge in [-0.15, -0.1) is 34.2 Å². The van der Waals surface area contributed by atoms with Crippen molar-refractivity contribution >= 4 is 53.1 Å². The molecule has 0 spiro atoms. The summed E-state index contributed by atoms with van der Waals surface area (Å²) < 4.78 is 7.01. The number of halogens is 3. The zero-order valence-corrected chi connectivity index (χ0v) is 19.6. The number of aromatic nitrogens is 3. The molecule has 0 saturated heterocycles. The fourth-order valence-electron chi connectivity index (χ4n) is 2.23. The van der Waals surface area contributed by atoms with Crippen molar-refractivity contribution in [3.05, 3.63) is 45.5 Å². The Hall–Kier alpha value is -1.10. The van der Waals surface area contributed by atoms with Crippen LogP contribution in [0.3, 0.4) is 0 Å². The molecule has 7 nitrogen and oxygen atoms in total. The van der Waals surface area contributed by atoms with Gasteiger partial charge in [-0.05, 0) is 31.5 Å². The Bertz CT molecular complexity index is 768. The van der Waals surface area contributed by atoms with E-state index in [1.165, 1.54) is 0 Å². The van der Waals surface area contributed by atoms with E-state index in [-0.39, 0.29) is 30.0 Å². The van der Waals surface area contributed by atoms with Crippen LogP contribution in [0, 0.1) is 6.92 Å². The van der Waals surface area contributed by atoms with Gasteiger partial charge in [0.1, 0.15) is 12.4 Å². The Labute approximate surface area is 186 Å². The second-order valence-electron chi connectivity index (χ2n) is 5.85. The second kappa shape index (κ2) is 11.7. The first-order chi connectivity index (χ1) is 12.4. The van der Waals surface area contributed by atoms with Crippen molar-refractivity contribution < 1.29 is 4.74 Å². The van der Waals surface area contributed by atoms with Gasteiger partial charge in [-0.25, -0.2) is 4.99 Å². The van der Waals surface area contributed by atoms with E-state index in [1.54, 1.807) is 13.2 Å². The summed E-state index contributed by atoms with van der Waals surface area (Å²) in [7, 11) is 3.58. The summed E-state index contributed by atoms with van der Waals surface area (Å²) in [6, 6.07) is 5.56. The Balaban J connectivity index is 0.00000364. The van der Waals surface area contributed by atoms with Crippen LogP contribution in [0.4, 0.5) is 0 Å². The summed E-state index contributed by atoms with van der Waals surface area (Å²) in [5.41, 5.74) is 1.01. The van der Waals surface area contributed by atoms with Crippen molar-refractivity contribution in [1.82, 2.24) is 25.4 Å². The Morgan fingerprint density at radius 2 is 2.04 bits per heavy atom. The lowest BCUT2D eigenvalue weighted by molar-refractivity contribution is 0.203. The summed E-state index contributed by atoms with van der Waals surface area (Å²) >= 11 is 12.1. The van der Waals surface area contributed by atoms with Crippen LogP contribution in [0.25, 0.3) is 0 Å². The molecule has 0 aliphatic heterocycles. The molecule has 0 aliphatic carbocycles. The molecule has 1 aromatic carbocycles. The van der Waals surface area contributed by atoms with Gasteiger partial charge in [0, 0.05) is 20.7 Å². The summed E-state index contributed by atoms with van der Waals surface area (Å²) in [5.74, 6) is 2.29. The smallest absolute Gasteiger partial charge is 0.192 e. The van der Waals surface area contributed by atoms with E-state index in [9.17, 15) is 0 Å². The highest BCUT2D eigenvalue weighted by Gasteiger charge is 2.11. The van der Waals surface area contributed by atoms with Gasteiger partial charge in [0.05, 0.1) is 22.7 Å². The highest BCUT2D eigenvalue weighted by molar-refractivity contribution is 14.0. The molecule has 0 saturated carbocycles. The van der Waals surface area contributed by atoms with Crippen LogP contribution >= 0.6 is 47.2 Å². The van der Waals surface area contributed by atoms with E-state index in [2.05, 4.69) is 25.8 Å². The maximum atomic E-state index is 6.12. The lowest BCUT2D eigenvalue weighted by Gasteiger charge is -2.19. The van der Waals surface area contributed by atoms with Gasteiger partial charge < -0.3 is 19.9 Å².